The van der Waals surface area contributed by atoms with Crippen molar-refractivity contribution in [3.05, 3.63) is 41.5 Å². The van der Waals surface area contributed by atoms with E-state index in [1.54, 1.807) is 6.20 Å². The van der Waals surface area contributed by atoms with E-state index in [9.17, 15) is 4.39 Å². The number of nitrogens with one attached hydrogen (secondary N) is 1. The van der Waals surface area contributed by atoms with Crippen molar-refractivity contribution in [2.24, 2.45) is 0 Å². The van der Waals surface area contributed by atoms with Crippen LogP contribution in [0, 0.1) is 12.7 Å². The molecule has 1 N–H and O–H groups in total. The maximum Gasteiger partial charge on any atom is 0.131 e. The SMILES string of the molecule is CCn1ncc(-c2cc(CNC(C)C)ccc2F)c1C. The first-order valence-corrected chi connectivity index (χ1v) is 7.07. The molecule has 1 heterocycles. The van der Waals surface area contributed by atoms with Crippen LogP contribution in [0.25, 0.3) is 11.1 Å². The molecule has 0 aliphatic heterocycles. The van der Waals surface area contributed by atoms with Gasteiger partial charge in [0.2, 0.25) is 0 Å². The molecule has 0 bridgehead atoms. The Kier molecular flexibility index (Phi) is 4.55. The van der Waals surface area contributed by atoms with Gasteiger partial charge in [-0.05, 0) is 31.5 Å². The fourth-order valence-corrected chi connectivity index (χ4v) is 2.24. The van der Waals surface area contributed by atoms with Gasteiger partial charge in [0.05, 0.1) is 6.20 Å². The minimum absolute atomic E-state index is 0.197. The zero-order valence-electron chi connectivity index (χ0n) is 12.6. The lowest BCUT2D eigenvalue weighted by atomic mass is 10.0. The normalized spacial score (nSPS) is 11.3. The molecule has 3 nitrogen and oxygen atoms in total. The summed E-state index contributed by atoms with van der Waals surface area (Å²) in [4.78, 5) is 0. The molecule has 0 amide bonds. The summed E-state index contributed by atoms with van der Waals surface area (Å²) in [6.45, 7) is 9.74. The zero-order chi connectivity index (χ0) is 14.7. The minimum Gasteiger partial charge on any atom is -0.310 e. The molecule has 20 heavy (non-hydrogen) atoms. The Bertz CT molecular complexity index is 587. The fraction of sp³-hybridized carbons (Fsp3) is 0.438. The molecular weight excluding hydrogens is 253 g/mol. The molecule has 0 spiro atoms. The van der Waals surface area contributed by atoms with Gasteiger partial charge >= 0.3 is 0 Å². The molecule has 0 atom stereocenters. The Morgan fingerprint density at radius 2 is 2.05 bits per heavy atom. The molecular formula is C16H22FN3. The van der Waals surface area contributed by atoms with Gasteiger partial charge in [-0.3, -0.25) is 4.68 Å². The van der Waals surface area contributed by atoms with Crippen LogP contribution in [0.4, 0.5) is 4.39 Å². The first-order valence-electron chi connectivity index (χ1n) is 7.07. The van der Waals surface area contributed by atoms with Gasteiger partial charge in [0, 0.05) is 36.0 Å². The maximum absolute atomic E-state index is 14.1. The van der Waals surface area contributed by atoms with Crippen LogP contribution < -0.4 is 5.32 Å². The van der Waals surface area contributed by atoms with Crippen LogP contribution >= 0.6 is 0 Å². The summed E-state index contributed by atoms with van der Waals surface area (Å²) in [5, 5.41) is 7.64. The van der Waals surface area contributed by atoms with Crippen LogP contribution in [0.2, 0.25) is 0 Å². The first-order chi connectivity index (χ1) is 9.52. The molecule has 0 fully saturated rings. The lowest BCUT2D eigenvalue weighted by molar-refractivity contribution is 0.586. The lowest BCUT2D eigenvalue weighted by Crippen LogP contribution is -2.21. The van der Waals surface area contributed by atoms with Crippen molar-refractivity contribution in [1.29, 1.82) is 0 Å². The predicted octanol–water partition coefficient (Wildman–Crippen LogP) is 3.52. The Morgan fingerprint density at radius 1 is 1.30 bits per heavy atom. The van der Waals surface area contributed by atoms with Crippen LogP contribution in [0.1, 0.15) is 32.0 Å². The van der Waals surface area contributed by atoms with E-state index in [0.29, 0.717) is 11.6 Å². The third-order valence-corrected chi connectivity index (χ3v) is 3.44. The van der Waals surface area contributed by atoms with E-state index in [1.807, 2.05) is 30.7 Å². The Morgan fingerprint density at radius 3 is 2.65 bits per heavy atom. The Balaban J connectivity index is 2.34. The van der Waals surface area contributed by atoms with Gasteiger partial charge in [-0.2, -0.15) is 5.10 Å². The molecule has 2 rings (SSSR count). The van der Waals surface area contributed by atoms with Gasteiger partial charge in [0.15, 0.2) is 0 Å². The maximum atomic E-state index is 14.1. The topological polar surface area (TPSA) is 29.9 Å². The molecule has 2 aromatic rings. The number of hydrogen-bond donors (Lipinski definition) is 1. The van der Waals surface area contributed by atoms with Crippen molar-refractivity contribution in [2.45, 2.75) is 46.8 Å². The molecule has 0 aliphatic carbocycles. The molecule has 0 unspecified atom stereocenters. The molecule has 0 radical (unpaired) electrons. The van der Waals surface area contributed by atoms with Crippen molar-refractivity contribution in [1.82, 2.24) is 15.1 Å². The summed E-state index contributed by atoms with van der Waals surface area (Å²) in [7, 11) is 0. The summed E-state index contributed by atoms with van der Waals surface area (Å²) >= 11 is 0. The second kappa shape index (κ2) is 6.18. The summed E-state index contributed by atoms with van der Waals surface area (Å²) in [6.07, 6.45) is 1.75. The number of hydrogen-bond acceptors (Lipinski definition) is 2. The molecule has 0 saturated carbocycles. The van der Waals surface area contributed by atoms with E-state index in [4.69, 9.17) is 0 Å². The number of halogens is 1. The Hall–Kier alpha value is -1.68. The molecule has 4 heteroatoms. The quantitative estimate of drug-likeness (QED) is 0.905. The largest absolute Gasteiger partial charge is 0.310 e. The van der Waals surface area contributed by atoms with Gasteiger partial charge in [-0.1, -0.05) is 19.9 Å². The van der Waals surface area contributed by atoms with E-state index in [2.05, 4.69) is 24.3 Å². The Labute approximate surface area is 119 Å². The van der Waals surface area contributed by atoms with Gasteiger partial charge in [0.1, 0.15) is 5.82 Å². The van der Waals surface area contributed by atoms with E-state index in [0.717, 1.165) is 29.9 Å². The van der Waals surface area contributed by atoms with Crippen LogP contribution in [0.15, 0.2) is 24.4 Å². The van der Waals surface area contributed by atoms with Gasteiger partial charge in [0.25, 0.3) is 0 Å². The number of benzene rings is 1. The van der Waals surface area contributed by atoms with Gasteiger partial charge in [-0.25, -0.2) is 4.39 Å². The van der Waals surface area contributed by atoms with Gasteiger partial charge < -0.3 is 5.32 Å². The summed E-state index contributed by atoms with van der Waals surface area (Å²) in [5.41, 5.74) is 3.58. The van der Waals surface area contributed by atoms with Crippen LogP contribution in [0.5, 0.6) is 0 Å². The summed E-state index contributed by atoms with van der Waals surface area (Å²) < 4.78 is 16.0. The number of aryl methyl sites for hydroxylation is 1. The highest BCUT2D eigenvalue weighted by atomic mass is 19.1. The van der Waals surface area contributed by atoms with E-state index >= 15 is 0 Å². The molecule has 1 aromatic carbocycles. The molecule has 0 saturated heterocycles. The predicted molar refractivity (Wildman–Crippen MR) is 80.0 cm³/mol. The average Bonchev–Trinajstić information content (AvgIpc) is 2.79. The van der Waals surface area contributed by atoms with Crippen molar-refractivity contribution in [2.75, 3.05) is 0 Å². The van der Waals surface area contributed by atoms with Crippen LogP contribution in [-0.2, 0) is 13.1 Å². The highest BCUT2D eigenvalue weighted by Gasteiger charge is 2.12. The second-order valence-corrected chi connectivity index (χ2v) is 5.31. The highest BCUT2D eigenvalue weighted by molar-refractivity contribution is 5.66. The van der Waals surface area contributed by atoms with Gasteiger partial charge in [-0.15, -0.1) is 0 Å². The fourth-order valence-electron chi connectivity index (χ4n) is 2.24. The molecule has 0 aliphatic rings. The standard InChI is InChI=1S/C16H22FN3/c1-5-20-12(4)15(10-19-20)14-8-13(6-7-16(14)17)9-18-11(2)3/h6-8,10-11,18H,5,9H2,1-4H3. The lowest BCUT2D eigenvalue weighted by Gasteiger charge is -2.10. The number of rotatable bonds is 5. The number of nitrogens with zero attached hydrogens (tertiary/aromatic N) is 2. The van der Waals surface area contributed by atoms with Crippen LogP contribution in [-0.4, -0.2) is 15.8 Å². The third kappa shape index (κ3) is 3.07. The van der Waals surface area contributed by atoms with Crippen molar-refractivity contribution < 1.29 is 4.39 Å². The van der Waals surface area contributed by atoms with Crippen molar-refractivity contribution in [3.8, 4) is 11.1 Å². The van der Waals surface area contributed by atoms with E-state index < -0.39 is 0 Å². The minimum atomic E-state index is -0.197. The average molecular weight is 275 g/mol. The zero-order valence-corrected chi connectivity index (χ0v) is 12.6. The van der Waals surface area contributed by atoms with Crippen molar-refractivity contribution >= 4 is 0 Å². The summed E-state index contributed by atoms with van der Waals surface area (Å²) in [5.74, 6) is -0.197. The third-order valence-electron chi connectivity index (χ3n) is 3.44. The van der Waals surface area contributed by atoms with E-state index in [-0.39, 0.29) is 5.82 Å². The number of aromatic nitrogens is 2. The van der Waals surface area contributed by atoms with Crippen molar-refractivity contribution in [3.63, 3.8) is 0 Å². The monoisotopic (exact) mass is 275 g/mol. The smallest absolute Gasteiger partial charge is 0.131 e. The summed E-state index contributed by atoms with van der Waals surface area (Å²) in [6, 6.07) is 5.69. The second-order valence-electron chi connectivity index (χ2n) is 5.31. The van der Waals surface area contributed by atoms with Crippen LogP contribution in [0.3, 0.4) is 0 Å². The highest BCUT2D eigenvalue weighted by Crippen LogP contribution is 2.27. The van der Waals surface area contributed by atoms with E-state index in [1.165, 1.54) is 6.07 Å². The molecule has 108 valence electrons. The molecule has 1 aromatic heterocycles. The first kappa shape index (κ1) is 14.7.